The normalized spacial score (nSPS) is 33.4. The van der Waals surface area contributed by atoms with Crippen molar-refractivity contribution in [3.8, 4) is 0 Å². The summed E-state index contributed by atoms with van der Waals surface area (Å²) in [5.74, 6) is -3.21. The molecule has 9 N–H and O–H groups in total. The lowest BCUT2D eigenvalue weighted by Gasteiger charge is -2.70. The lowest BCUT2D eigenvalue weighted by Crippen LogP contribution is -2.75. The van der Waals surface area contributed by atoms with Gasteiger partial charge in [-0.05, 0) is 131 Å². The fourth-order valence-corrected chi connectivity index (χ4v) is 14.4. The molecule has 0 radical (unpaired) electrons. The number of carbonyl (C=O) groups is 7. The summed E-state index contributed by atoms with van der Waals surface area (Å²) < 4.78 is 19.0. The molecular formula is C56H71N5O14. The summed E-state index contributed by atoms with van der Waals surface area (Å²) in [6.07, 6.45) is 6.52. The van der Waals surface area contributed by atoms with E-state index in [1.807, 2.05) is 51.1 Å². The van der Waals surface area contributed by atoms with Gasteiger partial charge in [0.05, 0.1) is 18.8 Å². The molecule has 1 aliphatic heterocycles. The third-order valence-electron chi connectivity index (χ3n) is 17.6. The minimum absolute atomic E-state index is 0.000187. The Morgan fingerprint density at radius 1 is 0.907 bits per heavy atom. The highest BCUT2D eigenvalue weighted by Gasteiger charge is 2.76. The first-order chi connectivity index (χ1) is 35.6. The molecule has 6 saturated carbocycles. The van der Waals surface area contributed by atoms with Gasteiger partial charge >= 0.3 is 12.1 Å². The van der Waals surface area contributed by atoms with E-state index >= 15 is 0 Å². The number of hydrogen-bond donors (Lipinski definition) is 9. The Morgan fingerprint density at radius 2 is 1.61 bits per heavy atom. The highest BCUT2D eigenvalue weighted by molar-refractivity contribution is 6.01. The first-order valence-corrected chi connectivity index (χ1v) is 26.3. The summed E-state index contributed by atoms with van der Waals surface area (Å²) >= 11 is 0. The number of fused-ring (bicyclic) bond motifs is 7. The summed E-state index contributed by atoms with van der Waals surface area (Å²) in [6, 6.07) is 13.3. The highest BCUT2D eigenvalue weighted by atomic mass is 16.7. The molecule has 2 bridgehead atoms. The Kier molecular flexibility index (Phi) is 15.1. The maximum atomic E-state index is 14.0. The van der Waals surface area contributed by atoms with Crippen molar-refractivity contribution in [2.45, 2.75) is 159 Å². The summed E-state index contributed by atoms with van der Waals surface area (Å²) in [5, 5.41) is 55.3. The maximum Gasteiger partial charge on any atom is 0.407 e. The van der Waals surface area contributed by atoms with Crippen molar-refractivity contribution in [2.24, 2.45) is 34.0 Å². The van der Waals surface area contributed by atoms with Crippen LogP contribution in [-0.4, -0.2) is 117 Å². The molecule has 10 rings (SSSR count). The molecule has 75 heavy (non-hydrogen) atoms. The summed E-state index contributed by atoms with van der Waals surface area (Å²) in [4.78, 5) is 88.2. The average Bonchev–Trinajstić information content (AvgIpc) is 3.89. The number of Topliss-reactive ketones (excluding diaryl/α,β-unsaturated/α-hetero) is 1. The van der Waals surface area contributed by atoms with Crippen molar-refractivity contribution in [1.82, 2.24) is 21.3 Å². The van der Waals surface area contributed by atoms with Crippen molar-refractivity contribution in [1.29, 1.82) is 0 Å². The number of carboxylic acids is 1. The van der Waals surface area contributed by atoms with Crippen molar-refractivity contribution in [3.05, 3.63) is 89.0 Å². The zero-order valence-electron chi connectivity index (χ0n) is 43.0. The molecule has 19 heteroatoms. The van der Waals surface area contributed by atoms with Crippen LogP contribution >= 0.6 is 0 Å². The number of carbonyl (C=O) groups excluding carboxylic acids is 6. The Bertz CT molecular complexity index is 2620. The molecule has 1 heterocycles. The van der Waals surface area contributed by atoms with Crippen LogP contribution in [-0.2, 0) is 56.0 Å². The third kappa shape index (κ3) is 10.6. The number of anilines is 1. The molecule has 2 aromatic carbocycles. The SMILES string of the molecule is CC(C)NC(=O)CCC(O)NCC(=O)N[C@@H](CCC(=O)O)C(=O)Nc1ccc(COC(=O)NC23CC(Cc4ccc([C@@H]5O[C@@H]6C[C@H]7[C@@H]8CCC9=CC(=O)C=C[C@]9(C)[C@H]8[C@@H](O)C[C@]7(C)[C@]6(C(=O)CO)O5)cc4)(C2)C3)cc1. The molecule has 1 unspecified atom stereocenters. The fourth-order valence-electron chi connectivity index (χ4n) is 14.4. The van der Waals surface area contributed by atoms with Crippen LogP contribution in [0.4, 0.5) is 10.5 Å². The number of ether oxygens (including phenoxy) is 3. The zero-order valence-corrected chi connectivity index (χ0v) is 43.0. The van der Waals surface area contributed by atoms with Crippen LogP contribution in [0.5, 0.6) is 0 Å². The second-order valence-corrected chi connectivity index (χ2v) is 23.2. The van der Waals surface area contributed by atoms with Crippen LogP contribution in [0.1, 0.15) is 121 Å². The molecule has 1 saturated heterocycles. The highest BCUT2D eigenvalue weighted by Crippen LogP contribution is 2.71. The number of hydrogen-bond acceptors (Lipinski definition) is 14. The number of allylic oxidation sites excluding steroid dienone is 4. The van der Waals surface area contributed by atoms with E-state index in [2.05, 4.69) is 33.5 Å². The van der Waals surface area contributed by atoms with Crippen LogP contribution in [0.15, 0.2) is 72.3 Å². The molecule has 0 spiro atoms. The predicted octanol–water partition coefficient (Wildman–Crippen LogP) is 4.18. The second kappa shape index (κ2) is 20.9. The van der Waals surface area contributed by atoms with Crippen molar-refractivity contribution >= 4 is 47.0 Å². The van der Waals surface area contributed by atoms with Crippen LogP contribution in [0.25, 0.3) is 0 Å². The number of alkyl carbamates (subject to hydrolysis) is 1. The number of aliphatic carboxylic acids is 1. The average molecular weight is 1040 g/mol. The number of amides is 4. The lowest BCUT2D eigenvalue weighted by atomic mass is 9.38. The Morgan fingerprint density at radius 3 is 2.29 bits per heavy atom. The first kappa shape index (κ1) is 54.0. The molecular weight excluding hydrogens is 967 g/mol. The molecule has 404 valence electrons. The van der Waals surface area contributed by atoms with E-state index < -0.39 is 83.5 Å². The summed E-state index contributed by atoms with van der Waals surface area (Å²) in [6.45, 7) is 6.65. The predicted molar refractivity (Wildman–Crippen MR) is 270 cm³/mol. The molecule has 4 amide bonds. The molecule has 2 aromatic rings. The van der Waals surface area contributed by atoms with Gasteiger partial charge in [0.15, 0.2) is 23.5 Å². The minimum Gasteiger partial charge on any atom is -0.481 e. The summed E-state index contributed by atoms with van der Waals surface area (Å²) in [5.41, 5.74) is 0.973. The van der Waals surface area contributed by atoms with Gasteiger partial charge in [0.2, 0.25) is 17.7 Å². The standard InChI is InChI=1S/C56H71N5O14/c1-31(2)58-45(67)17-16-44(66)57-25-46(68)60-40(15-18-47(69)70)49(71)59-36-12-7-33(8-13-36)27-73-51(72)61-55-28-54(29-55,30-55)23-32-5-9-34(10-6-32)50-74-43-22-39-38-14-11-35-21-37(63)19-20-52(35,3)48(38)41(64)24-53(39,4)56(43,75-50)42(65)26-62/h5-10,12-13,19-21,31,38-41,43-44,48,50,57,62,64,66H,11,14-18,22-30H2,1-4H3,(H,58,67)(H,59,71)(H,60,68)(H,61,72)(H,69,70)/t38-,39-,40-,41-,43+,44?,48+,50+,52-,53-,54?,55?,56+/m0/s1. The van der Waals surface area contributed by atoms with E-state index in [4.69, 9.17) is 14.2 Å². The molecule has 7 aliphatic carbocycles. The van der Waals surface area contributed by atoms with Gasteiger partial charge in [-0.1, -0.05) is 61.9 Å². The minimum atomic E-state index is -1.43. The quantitative estimate of drug-likeness (QED) is 0.0793. The van der Waals surface area contributed by atoms with Gasteiger partial charge < -0.3 is 55.9 Å². The van der Waals surface area contributed by atoms with Crippen LogP contribution in [0.2, 0.25) is 0 Å². The van der Waals surface area contributed by atoms with E-state index in [1.165, 1.54) is 0 Å². The number of rotatable bonds is 21. The van der Waals surface area contributed by atoms with Gasteiger partial charge in [-0.2, -0.15) is 0 Å². The van der Waals surface area contributed by atoms with Gasteiger partial charge in [0, 0.05) is 52.4 Å². The maximum absolute atomic E-state index is 14.0. The Hall–Kier alpha value is -5.83. The number of ketones is 2. The number of benzene rings is 2. The number of aliphatic hydroxyl groups is 3. The van der Waals surface area contributed by atoms with Crippen molar-refractivity contribution in [3.63, 3.8) is 0 Å². The van der Waals surface area contributed by atoms with E-state index in [0.29, 0.717) is 24.1 Å². The van der Waals surface area contributed by atoms with Crippen LogP contribution in [0.3, 0.4) is 0 Å². The van der Waals surface area contributed by atoms with E-state index in [9.17, 15) is 54.0 Å². The van der Waals surface area contributed by atoms with E-state index in [1.54, 1.807) is 36.4 Å². The fraction of sp³-hybridized carbons (Fsp3) is 0.589. The van der Waals surface area contributed by atoms with Gasteiger partial charge in [0.1, 0.15) is 25.5 Å². The van der Waals surface area contributed by atoms with Gasteiger partial charge in [-0.15, -0.1) is 0 Å². The van der Waals surface area contributed by atoms with E-state index in [0.717, 1.165) is 55.2 Å². The van der Waals surface area contributed by atoms with E-state index in [-0.39, 0.29) is 85.3 Å². The smallest absolute Gasteiger partial charge is 0.407 e. The zero-order chi connectivity index (χ0) is 53.7. The first-order valence-electron chi connectivity index (χ1n) is 26.3. The monoisotopic (exact) mass is 1040 g/mol. The number of carboxylic acid groups (broad SMARTS) is 1. The van der Waals surface area contributed by atoms with Gasteiger partial charge in [-0.3, -0.25) is 34.1 Å². The van der Waals surface area contributed by atoms with Gasteiger partial charge in [0.25, 0.3) is 0 Å². The number of nitrogens with one attached hydrogen (secondary N) is 5. The van der Waals surface area contributed by atoms with Gasteiger partial charge in [-0.25, -0.2) is 4.79 Å². The molecule has 0 aromatic heterocycles. The molecule has 8 aliphatic rings. The van der Waals surface area contributed by atoms with Crippen LogP contribution in [0, 0.1) is 34.0 Å². The third-order valence-corrected chi connectivity index (χ3v) is 17.6. The molecule has 7 fully saturated rings. The second-order valence-electron chi connectivity index (χ2n) is 23.2. The number of aliphatic hydroxyl groups excluding tert-OH is 3. The van der Waals surface area contributed by atoms with Crippen molar-refractivity contribution < 1.29 is 68.2 Å². The Balaban J connectivity index is 0.720. The molecule has 19 nitrogen and oxygen atoms in total. The topological polar surface area (TPSA) is 288 Å². The lowest BCUT2D eigenvalue weighted by molar-refractivity contribution is -0.201. The summed E-state index contributed by atoms with van der Waals surface area (Å²) in [7, 11) is 0. The largest absolute Gasteiger partial charge is 0.481 e. The molecule has 11 atom stereocenters. The Labute approximate surface area is 436 Å². The van der Waals surface area contributed by atoms with Crippen LogP contribution < -0.4 is 26.6 Å². The van der Waals surface area contributed by atoms with Crippen molar-refractivity contribution in [2.75, 3.05) is 18.5 Å².